The summed E-state index contributed by atoms with van der Waals surface area (Å²) < 4.78 is 5.64. The number of para-hydroxylation sites is 1. The Kier molecular flexibility index (Phi) is 3.69. The number of carbonyl (C=O) groups is 1. The molecule has 0 aliphatic carbocycles. The van der Waals surface area contributed by atoms with Gasteiger partial charge in [0.15, 0.2) is 0 Å². The van der Waals surface area contributed by atoms with Crippen LogP contribution in [0.1, 0.15) is 30.7 Å². The van der Waals surface area contributed by atoms with E-state index in [9.17, 15) is 4.79 Å². The largest absolute Gasteiger partial charge is 0.493 e. The SMILES string of the molecule is O=C(NCC1CCOc2ccccc21)C1CCCN1. The zero-order valence-electron chi connectivity index (χ0n) is 11.0. The molecule has 1 fully saturated rings. The first-order valence-electron chi connectivity index (χ1n) is 7.07. The lowest BCUT2D eigenvalue weighted by molar-refractivity contribution is -0.122. The number of hydrogen-bond donors (Lipinski definition) is 2. The summed E-state index contributed by atoms with van der Waals surface area (Å²) in [6, 6.07) is 8.12. The average molecular weight is 260 g/mol. The van der Waals surface area contributed by atoms with Gasteiger partial charge in [0.2, 0.25) is 5.91 Å². The van der Waals surface area contributed by atoms with Gasteiger partial charge in [0, 0.05) is 12.5 Å². The van der Waals surface area contributed by atoms with Crippen molar-refractivity contribution < 1.29 is 9.53 Å². The van der Waals surface area contributed by atoms with Gasteiger partial charge in [0.05, 0.1) is 12.6 Å². The van der Waals surface area contributed by atoms with Crippen molar-refractivity contribution in [2.45, 2.75) is 31.2 Å². The zero-order chi connectivity index (χ0) is 13.1. The summed E-state index contributed by atoms with van der Waals surface area (Å²) in [6.07, 6.45) is 3.02. The van der Waals surface area contributed by atoms with E-state index in [1.54, 1.807) is 0 Å². The number of nitrogens with one attached hydrogen (secondary N) is 2. The number of fused-ring (bicyclic) bond motifs is 1. The summed E-state index contributed by atoms with van der Waals surface area (Å²) in [5.41, 5.74) is 1.22. The Bertz CT molecular complexity index is 455. The van der Waals surface area contributed by atoms with Gasteiger partial charge in [-0.05, 0) is 37.4 Å². The van der Waals surface area contributed by atoms with Gasteiger partial charge in [-0.1, -0.05) is 18.2 Å². The molecule has 1 amide bonds. The average Bonchev–Trinajstić information content (AvgIpc) is 2.99. The van der Waals surface area contributed by atoms with Crippen molar-refractivity contribution in [3.8, 4) is 5.75 Å². The second-order valence-corrected chi connectivity index (χ2v) is 5.27. The van der Waals surface area contributed by atoms with Crippen LogP contribution in [0.4, 0.5) is 0 Å². The molecule has 2 N–H and O–H groups in total. The highest BCUT2D eigenvalue weighted by molar-refractivity contribution is 5.82. The van der Waals surface area contributed by atoms with E-state index in [0.29, 0.717) is 12.5 Å². The van der Waals surface area contributed by atoms with Crippen molar-refractivity contribution in [1.29, 1.82) is 0 Å². The fourth-order valence-corrected chi connectivity index (χ4v) is 2.88. The molecule has 2 aliphatic heterocycles. The molecule has 2 unspecified atom stereocenters. The van der Waals surface area contributed by atoms with Crippen LogP contribution in [0.2, 0.25) is 0 Å². The van der Waals surface area contributed by atoms with Crippen LogP contribution in [0.15, 0.2) is 24.3 Å². The Morgan fingerprint density at radius 2 is 2.26 bits per heavy atom. The van der Waals surface area contributed by atoms with E-state index in [1.807, 2.05) is 18.2 Å². The van der Waals surface area contributed by atoms with Gasteiger partial charge in [-0.3, -0.25) is 4.79 Å². The van der Waals surface area contributed by atoms with E-state index in [1.165, 1.54) is 5.56 Å². The van der Waals surface area contributed by atoms with Crippen molar-refractivity contribution in [2.75, 3.05) is 19.7 Å². The molecule has 0 aromatic heterocycles. The van der Waals surface area contributed by atoms with Crippen LogP contribution in [-0.2, 0) is 4.79 Å². The highest BCUT2D eigenvalue weighted by Gasteiger charge is 2.25. The summed E-state index contributed by atoms with van der Waals surface area (Å²) in [4.78, 5) is 12.0. The van der Waals surface area contributed by atoms with E-state index in [-0.39, 0.29) is 11.9 Å². The molecule has 1 aromatic rings. The smallest absolute Gasteiger partial charge is 0.237 e. The van der Waals surface area contributed by atoms with Crippen LogP contribution in [0.25, 0.3) is 0 Å². The standard InChI is InChI=1S/C15H20N2O2/c18-15(13-5-3-8-16-13)17-10-11-7-9-19-14-6-2-1-4-12(11)14/h1-2,4,6,11,13,16H,3,5,7-10H2,(H,17,18). The maximum absolute atomic E-state index is 12.0. The molecule has 2 atom stereocenters. The number of amides is 1. The number of benzene rings is 1. The molecule has 4 heteroatoms. The van der Waals surface area contributed by atoms with Crippen LogP contribution in [0.5, 0.6) is 5.75 Å². The minimum absolute atomic E-state index is 0.00934. The molecule has 1 aromatic carbocycles. The highest BCUT2D eigenvalue weighted by atomic mass is 16.5. The molecule has 0 saturated carbocycles. The molecule has 0 bridgehead atoms. The van der Waals surface area contributed by atoms with E-state index >= 15 is 0 Å². The van der Waals surface area contributed by atoms with Crippen molar-refractivity contribution >= 4 is 5.91 Å². The van der Waals surface area contributed by atoms with Gasteiger partial charge in [-0.15, -0.1) is 0 Å². The topological polar surface area (TPSA) is 50.4 Å². The number of rotatable bonds is 3. The third-order valence-electron chi connectivity index (χ3n) is 3.98. The summed E-state index contributed by atoms with van der Waals surface area (Å²) >= 11 is 0. The van der Waals surface area contributed by atoms with E-state index in [4.69, 9.17) is 4.74 Å². The molecule has 1 saturated heterocycles. The summed E-state index contributed by atoms with van der Waals surface area (Å²) in [6.45, 7) is 2.40. The Balaban J connectivity index is 1.60. The van der Waals surface area contributed by atoms with Gasteiger partial charge < -0.3 is 15.4 Å². The first-order chi connectivity index (χ1) is 9.34. The summed E-state index contributed by atoms with van der Waals surface area (Å²) in [5, 5.41) is 6.30. The lowest BCUT2D eigenvalue weighted by Gasteiger charge is -2.26. The molecule has 0 spiro atoms. The van der Waals surface area contributed by atoms with Crippen LogP contribution in [0.3, 0.4) is 0 Å². The number of hydrogen-bond acceptors (Lipinski definition) is 3. The fraction of sp³-hybridized carbons (Fsp3) is 0.533. The van der Waals surface area contributed by atoms with Gasteiger partial charge >= 0.3 is 0 Å². The van der Waals surface area contributed by atoms with E-state index in [0.717, 1.165) is 38.2 Å². The molecule has 2 aliphatic rings. The summed E-state index contributed by atoms with van der Waals surface area (Å²) in [5.74, 6) is 1.48. The lowest BCUT2D eigenvalue weighted by atomic mass is 9.93. The molecule has 102 valence electrons. The van der Waals surface area contributed by atoms with Crippen molar-refractivity contribution in [1.82, 2.24) is 10.6 Å². The molecule has 0 radical (unpaired) electrons. The molecule has 3 rings (SSSR count). The third kappa shape index (κ3) is 2.73. The Morgan fingerprint density at radius 1 is 1.37 bits per heavy atom. The second-order valence-electron chi connectivity index (χ2n) is 5.27. The Labute approximate surface area is 113 Å². The Morgan fingerprint density at radius 3 is 3.11 bits per heavy atom. The van der Waals surface area contributed by atoms with Crippen LogP contribution >= 0.6 is 0 Å². The first-order valence-corrected chi connectivity index (χ1v) is 7.07. The lowest BCUT2D eigenvalue weighted by Crippen LogP contribution is -2.42. The van der Waals surface area contributed by atoms with Gasteiger partial charge in [0.1, 0.15) is 5.75 Å². The van der Waals surface area contributed by atoms with Crippen molar-refractivity contribution in [2.24, 2.45) is 0 Å². The molecule has 4 nitrogen and oxygen atoms in total. The van der Waals surface area contributed by atoms with Crippen LogP contribution in [-0.4, -0.2) is 31.6 Å². The van der Waals surface area contributed by atoms with Gasteiger partial charge in [-0.25, -0.2) is 0 Å². The maximum Gasteiger partial charge on any atom is 0.237 e. The van der Waals surface area contributed by atoms with Crippen LogP contribution < -0.4 is 15.4 Å². The third-order valence-corrected chi connectivity index (χ3v) is 3.98. The van der Waals surface area contributed by atoms with Crippen LogP contribution in [0, 0.1) is 0 Å². The van der Waals surface area contributed by atoms with Crippen molar-refractivity contribution in [3.05, 3.63) is 29.8 Å². The number of ether oxygens (including phenoxy) is 1. The Hall–Kier alpha value is -1.55. The normalized spacial score (nSPS) is 25.5. The quantitative estimate of drug-likeness (QED) is 0.864. The first kappa shape index (κ1) is 12.5. The van der Waals surface area contributed by atoms with Crippen molar-refractivity contribution in [3.63, 3.8) is 0 Å². The molecule has 2 heterocycles. The molecular formula is C15H20N2O2. The molecule has 19 heavy (non-hydrogen) atoms. The van der Waals surface area contributed by atoms with E-state index in [2.05, 4.69) is 16.7 Å². The predicted octanol–water partition coefficient (Wildman–Crippen LogP) is 1.42. The monoisotopic (exact) mass is 260 g/mol. The second kappa shape index (κ2) is 5.61. The minimum Gasteiger partial charge on any atom is -0.493 e. The van der Waals surface area contributed by atoms with E-state index < -0.39 is 0 Å². The highest BCUT2D eigenvalue weighted by Crippen LogP contribution is 2.32. The zero-order valence-corrected chi connectivity index (χ0v) is 11.0. The fourth-order valence-electron chi connectivity index (χ4n) is 2.88. The molecular weight excluding hydrogens is 240 g/mol. The predicted molar refractivity (Wildman–Crippen MR) is 73.3 cm³/mol. The van der Waals surface area contributed by atoms with Gasteiger partial charge in [0.25, 0.3) is 0 Å². The number of carbonyl (C=O) groups excluding carboxylic acids is 1. The maximum atomic E-state index is 12.0. The minimum atomic E-state index is 0.00934. The van der Waals surface area contributed by atoms with Gasteiger partial charge in [-0.2, -0.15) is 0 Å². The summed E-state index contributed by atoms with van der Waals surface area (Å²) in [7, 11) is 0.